The van der Waals surface area contributed by atoms with Crippen molar-refractivity contribution in [2.75, 3.05) is 26.7 Å². The predicted octanol–water partition coefficient (Wildman–Crippen LogP) is 2.64. The van der Waals surface area contributed by atoms with Crippen LogP contribution in [0.15, 0.2) is 12.7 Å². The van der Waals surface area contributed by atoms with Crippen LogP contribution >= 0.6 is 24.8 Å². The summed E-state index contributed by atoms with van der Waals surface area (Å²) in [4.78, 5) is 13.8. The lowest BCUT2D eigenvalue weighted by Gasteiger charge is -2.32. The summed E-state index contributed by atoms with van der Waals surface area (Å²) in [5.41, 5.74) is 0. The Kier molecular flexibility index (Phi) is 13.2. The molecule has 1 fully saturated rings. The maximum atomic E-state index is 11.8. The number of nitrogens with zero attached hydrogens (tertiary/aromatic N) is 1. The first kappa shape index (κ1) is 20.1. The SMILES string of the molecule is C=CCCCC(=O)N1CCC(CNC)CC1.Cl.Cl. The first-order chi connectivity index (χ1) is 7.77. The average molecular weight is 297 g/mol. The van der Waals surface area contributed by atoms with Crippen LogP contribution in [0.4, 0.5) is 0 Å². The summed E-state index contributed by atoms with van der Waals surface area (Å²) in [5.74, 6) is 1.08. The molecule has 3 nitrogen and oxygen atoms in total. The second kappa shape index (κ2) is 11.8. The summed E-state index contributed by atoms with van der Waals surface area (Å²) in [7, 11) is 1.99. The Morgan fingerprint density at radius 1 is 1.39 bits per heavy atom. The van der Waals surface area contributed by atoms with Crippen molar-refractivity contribution in [1.82, 2.24) is 10.2 Å². The Morgan fingerprint density at radius 2 is 2.00 bits per heavy atom. The molecule has 1 amide bonds. The number of likely N-dealkylation sites (tertiary alicyclic amines) is 1. The highest BCUT2D eigenvalue weighted by Gasteiger charge is 2.21. The summed E-state index contributed by atoms with van der Waals surface area (Å²) in [6.45, 7) is 6.64. The van der Waals surface area contributed by atoms with E-state index in [1.807, 2.05) is 18.0 Å². The highest BCUT2D eigenvalue weighted by Crippen LogP contribution is 2.17. The van der Waals surface area contributed by atoms with Gasteiger partial charge in [-0.05, 0) is 45.2 Å². The van der Waals surface area contributed by atoms with Gasteiger partial charge in [0.2, 0.25) is 5.91 Å². The minimum absolute atomic E-state index is 0. The van der Waals surface area contributed by atoms with Gasteiger partial charge in [-0.2, -0.15) is 0 Å². The fourth-order valence-electron chi connectivity index (χ4n) is 2.23. The third-order valence-corrected chi connectivity index (χ3v) is 3.26. The van der Waals surface area contributed by atoms with Crippen molar-refractivity contribution in [2.45, 2.75) is 32.1 Å². The van der Waals surface area contributed by atoms with Crippen LogP contribution < -0.4 is 5.32 Å². The fraction of sp³-hybridized carbons (Fsp3) is 0.769. The topological polar surface area (TPSA) is 32.3 Å². The zero-order valence-corrected chi connectivity index (χ0v) is 12.8. The van der Waals surface area contributed by atoms with E-state index in [0.717, 1.165) is 51.2 Å². The third-order valence-electron chi connectivity index (χ3n) is 3.26. The Balaban J connectivity index is 0. The maximum Gasteiger partial charge on any atom is 0.222 e. The van der Waals surface area contributed by atoms with Gasteiger partial charge < -0.3 is 10.2 Å². The Labute approximate surface area is 123 Å². The zero-order chi connectivity index (χ0) is 11.8. The van der Waals surface area contributed by atoms with Crippen LogP contribution in [0.2, 0.25) is 0 Å². The van der Waals surface area contributed by atoms with E-state index in [1.54, 1.807) is 0 Å². The van der Waals surface area contributed by atoms with E-state index in [2.05, 4.69) is 11.9 Å². The highest BCUT2D eigenvalue weighted by molar-refractivity contribution is 5.85. The number of amides is 1. The number of allylic oxidation sites excluding steroid dienone is 1. The van der Waals surface area contributed by atoms with Crippen molar-refractivity contribution in [3.63, 3.8) is 0 Å². The first-order valence-electron chi connectivity index (χ1n) is 6.31. The molecule has 5 heteroatoms. The van der Waals surface area contributed by atoms with Crippen molar-refractivity contribution in [3.8, 4) is 0 Å². The molecule has 0 spiro atoms. The molecule has 0 aromatic carbocycles. The summed E-state index contributed by atoms with van der Waals surface area (Å²) < 4.78 is 0. The Bertz CT molecular complexity index is 229. The molecule has 0 unspecified atom stereocenters. The molecule has 1 rings (SSSR count). The Morgan fingerprint density at radius 3 is 2.50 bits per heavy atom. The van der Waals surface area contributed by atoms with Gasteiger partial charge in [-0.3, -0.25) is 4.79 Å². The van der Waals surface area contributed by atoms with Crippen LogP contribution in [-0.4, -0.2) is 37.5 Å². The number of unbranched alkanes of at least 4 members (excludes halogenated alkanes) is 1. The van der Waals surface area contributed by atoms with Gasteiger partial charge in [0.05, 0.1) is 0 Å². The van der Waals surface area contributed by atoms with Crippen molar-refractivity contribution < 1.29 is 4.79 Å². The summed E-state index contributed by atoms with van der Waals surface area (Å²) in [6.07, 6.45) is 6.75. The summed E-state index contributed by atoms with van der Waals surface area (Å²) in [6, 6.07) is 0. The second-order valence-electron chi connectivity index (χ2n) is 4.56. The molecule has 0 atom stereocenters. The lowest BCUT2D eigenvalue weighted by atomic mass is 9.96. The molecule has 0 radical (unpaired) electrons. The molecule has 108 valence electrons. The molecule has 1 aliphatic rings. The van der Waals surface area contributed by atoms with Gasteiger partial charge in [0.1, 0.15) is 0 Å². The number of nitrogens with one attached hydrogen (secondary N) is 1. The lowest BCUT2D eigenvalue weighted by molar-refractivity contribution is -0.132. The number of carbonyl (C=O) groups is 1. The number of rotatable bonds is 6. The van der Waals surface area contributed by atoms with Crippen LogP contribution in [0.25, 0.3) is 0 Å². The van der Waals surface area contributed by atoms with Crippen molar-refractivity contribution >= 4 is 30.7 Å². The monoisotopic (exact) mass is 296 g/mol. The van der Waals surface area contributed by atoms with Gasteiger partial charge in [0, 0.05) is 19.5 Å². The van der Waals surface area contributed by atoms with Crippen LogP contribution in [0.1, 0.15) is 32.1 Å². The Hall–Kier alpha value is -0.250. The number of hydrogen-bond acceptors (Lipinski definition) is 2. The number of carbonyl (C=O) groups excluding carboxylic acids is 1. The number of hydrogen-bond donors (Lipinski definition) is 1. The standard InChI is InChI=1S/C13H24N2O.2ClH/c1-3-4-5-6-13(16)15-9-7-12(8-10-15)11-14-2;;/h3,12,14H,1,4-11H2,2H3;2*1H. The summed E-state index contributed by atoms with van der Waals surface area (Å²) >= 11 is 0. The van der Waals surface area contributed by atoms with Gasteiger partial charge in [-0.25, -0.2) is 0 Å². The van der Waals surface area contributed by atoms with Crippen LogP contribution in [0.5, 0.6) is 0 Å². The molecule has 0 aromatic rings. The van der Waals surface area contributed by atoms with E-state index in [-0.39, 0.29) is 24.8 Å². The van der Waals surface area contributed by atoms with Crippen LogP contribution in [0.3, 0.4) is 0 Å². The molecular weight excluding hydrogens is 271 g/mol. The van der Waals surface area contributed by atoms with E-state index in [1.165, 1.54) is 0 Å². The van der Waals surface area contributed by atoms with E-state index in [9.17, 15) is 4.79 Å². The quantitative estimate of drug-likeness (QED) is 0.604. The second-order valence-corrected chi connectivity index (χ2v) is 4.56. The van der Waals surface area contributed by atoms with Gasteiger partial charge >= 0.3 is 0 Å². The fourth-order valence-corrected chi connectivity index (χ4v) is 2.23. The zero-order valence-electron chi connectivity index (χ0n) is 11.2. The smallest absolute Gasteiger partial charge is 0.222 e. The van der Waals surface area contributed by atoms with Gasteiger partial charge in [0.15, 0.2) is 0 Å². The molecule has 0 saturated carbocycles. The molecule has 1 N–H and O–H groups in total. The third kappa shape index (κ3) is 7.24. The van der Waals surface area contributed by atoms with Gasteiger partial charge in [-0.1, -0.05) is 6.08 Å². The van der Waals surface area contributed by atoms with Crippen molar-refractivity contribution in [3.05, 3.63) is 12.7 Å². The molecule has 1 aliphatic heterocycles. The summed E-state index contributed by atoms with van der Waals surface area (Å²) in [5, 5.41) is 3.21. The predicted molar refractivity (Wildman–Crippen MR) is 81.8 cm³/mol. The number of piperidine rings is 1. The molecule has 18 heavy (non-hydrogen) atoms. The van der Waals surface area contributed by atoms with Crippen molar-refractivity contribution in [1.29, 1.82) is 0 Å². The van der Waals surface area contributed by atoms with Crippen LogP contribution in [0, 0.1) is 5.92 Å². The normalized spacial score (nSPS) is 15.5. The van der Waals surface area contributed by atoms with E-state index in [0.29, 0.717) is 12.3 Å². The molecular formula is C13H26Cl2N2O. The number of halogens is 2. The molecule has 1 heterocycles. The van der Waals surface area contributed by atoms with Crippen LogP contribution in [-0.2, 0) is 4.79 Å². The molecule has 0 aromatic heterocycles. The largest absolute Gasteiger partial charge is 0.343 e. The minimum atomic E-state index is 0. The maximum absolute atomic E-state index is 11.8. The van der Waals surface area contributed by atoms with Gasteiger partial charge in [-0.15, -0.1) is 31.4 Å². The van der Waals surface area contributed by atoms with E-state index < -0.39 is 0 Å². The molecule has 1 saturated heterocycles. The van der Waals surface area contributed by atoms with E-state index >= 15 is 0 Å². The first-order valence-corrected chi connectivity index (χ1v) is 6.31. The lowest BCUT2D eigenvalue weighted by Crippen LogP contribution is -2.40. The average Bonchev–Trinajstić information content (AvgIpc) is 2.30. The minimum Gasteiger partial charge on any atom is -0.343 e. The van der Waals surface area contributed by atoms with E-state index in [4.69, 9.17) is 0 Å². The molecule has 0 bridgehead atoms. The van der Waals surface area contributed by atoms with Crippen molar-refractivity contribution in [2.24, 2.45) is 5.92 Å². The molecule has 0 aliphatic carbocycles. The highest BCUT2D eigenvalue weighted by atomic mass is 35.5. The van der Waals surface area contributed by atoms with Gasteiger partial charge in [0.25, 0.3) is 0 Å².